The standard InChI is InChI=1S/C14H21N3O2/c1-17-5-6-19-13(10-17)9-16-8-11-3-2-4-12(7-11)14(15)18/h2-4,7,13,16H,5-6,8-10H2,1H3,(H2,15,18). The van der Waals surface area contributed by atoms with Gasteiger partial charge < -0.3 is 20.7 Å². The van der Waals surface area contributed by atoms with E-state index in [4.69, 9.17) is 10.5 Å². The number of nitrogens with two attached hydrogens (primary N) is 1. The topological polar surface area (TPSA) is 67.6 Å². The van der Waals surface area contributed by atoms with Gasteiger partial charge >= 0.3 is 0 Å². The molecule has 1 atom stereocenters. The second-order valence-electron chi connectivity index (χ2n) is 4.95. The first-order valence-electron chi connectivity index (χ1n) is 6.55. The first kappa shape index (κ1) is 14.0. The van der Waals surface area contributed by atoms with Gasteiger partial charge in [-0.1, -0.05) is 12.1 Å². The Balaban J connectivity index is 1.79. The van der Waals surface area contributed by atoms with Crippen molar-refractivity contribution in [1.82, 2.24) is 10.2 Å². The molecular weight excluding hydrogens is 242 g/mol. The average Bonchev–Trinajstić information content (AvgIpc) is 2.39. The molecule has 19 heavy (non-hydrogen) atoms. The van der Waals surface area contributed by atoms with Crippen LogP contribution in [0.4, 0.5) is 0 Å². The van der Waals surface area contributed by atoms with Gasteiger partial charge in [0.2, 0.25) is 5.91 Å². The van der Waals surface area contributed by atoms with Crippen LogP contribution in [0.15, 0.2) is 24.3 Å². The predicted molar refractivity (Wildman–Crippen MR) is 73.9 cm³/mol. The molecule has 5 heteroatoms. The molecule has 0 aromatic heterocycles. The highest BCUT2D eigenvalue weighted by molar-refractivity contribution is 5.92. The van der Waals surface area contributed by atoms with E-state index >= 15 is 0 Å². The van der Waals surface area contributed by atoms with Gasteiger partial charge in [0.15, 0.2) is 0 Å². The molecule has 0 aliphatic carbocycles. The van der Waals surface area contributed by atoms with Gasteiger partial charge in [-0.2, -0.15) is 0 Å². The van der Waals surface area contributed by atoms with Crippen LogP contribution in [0.2, 0.25) is 0 Å². The minimum absolute atomic E-state index is 0.234. The lowest BCUT2D eigenvalue weighted by Gasteiger charge is -2.30. The number of hydrogen-bond acceptors (Lipinski definition) is 4. The molecule has 1 aliphatic rings. The van der Waals surface area contributed by atoms with Gasteiger partial charge in [-0.15, -0.1) is 0 Å². The molecular formula is C14H21N3O2. The van der Waals surface area contributed by atoms with E-state index in [1.54, 1.807) is 6.07 Å². The number of carbonyl (C=O) groups is 1. The zero-order valence-corrected chi connectivity index (χ0v) is 11.3. The molecule has 1 amide bonds. The molecule has 1 heterocycles. The SMILES string of the molecule is CN1CCOC(CNCc2cccc(C(N)=O)c2)C1. The van der Waals surface area contributed by atoms with Crippen LogP contribution in [0.3, 0.4) is 0 Å². The Hall–Kier alpha value is -1.43. The van der Waals surface area contributed by atoms with Crippen LogP contribution < -0.4 is 11.1 Å². The molecule has 0 radical (unpaired) electrons. The molecule has 0 saturated carbocycles. The lowest BCUT2D eigenvalue weighted by Crippen LogP contribution is -2.44. The molecule has 1 fully saturated rings. The van der Waals surface area contributed by atoms with E-state index in [0.717, 1.165) is 31.8 Å². The van der Waals surface area contributed by atoms with Gasteiger partial charge in [-0.3, -0.25) is 4.79 Å². The fourth-order valence-electron chi connectivity index (χ4n) is 2.20. The summed E-state index contributed by atoms with van der Waals surface area (Å²) in [5.74, 6) is -0.390. The zero-order valence-electron chi connectivity index (χ0n) is 11.3. The van der Waals surface area contributed by atoms with Crippen LogP contribution in [-0.2, 0) is 11.3 Å². The minimum Gasteiger partial charge on any atom is -0.374 e. The van der Waals surface area contributed by atoms with Crippen LogP contribution in [0.25, 0.3) is 0 Å². The second-order valence-corrected chi connectivity index (χ2v) is 4.95. The van der Waals surface area contributed by atoms with Crippen molar-refractivity contribution in [3.8, 4) is 0 Å². The number of primary amides is 1. The third-order valence-electron chi connectivity index (χ3n) is 3.25. The van der Waals surface area contributed by atoms with Crippen LogP contribution in [0.1, 0.15) is 15.9 Å². The van der Waals surface area contributed by atoms with E-state index in [1.807, 2.05) is 18.2 Å². The lowest BCUT2D eigenvalue weighted by molar-refractivity contribution is -0.0182. The Bertz CT molecular complexity index is 436. The lowest BCUT2D eigenvalue weighted by atomic mass is 10.1. The number of rotatable bonds is 5. The van der Waals surface area contributed by atoms with Gasteiger partial charge in [0.1, 0.15) is 0 Å². The van der Waals surface area contributed by atoms with Crippen molar-refractivity contribution in [3.05, 3.63) is 35.4 Å². The van der Waals surface area contributed by atoms with E-state index in [-0.39, 0.29) is 12.0 Å². The predicted octanol–water partition coefficient (Wildman–Crippen LogP) is 0.206. The summed E-state index contributed by atoms with van der Waals surface area (Å²) in [4.78, 5) is 13.4. The van der Waals surface area contributed by atoms with Crippen molar-refractivity contribution in [2.45, 2.75) is 12.6 Å². The number of ether oxygens (including phenoxy) is 1. The second kappa shape index (κ2) is 6.65. The molecule has 0 bridgehead atoms. The van der Waals surface area contributed by atoms with Crippen molar-refractivity contribution in [3.63, 3.8) is 0 Å². The molecule has 1 unspecified atom stereocenters. The summed E-state index contributed by atoms with van der Waals surface area (Å²) in [5.41, 5.74) is 6.86. The highest BCUT2D eigenvalue weighted by Gasteiger charge is 2.16. The molecule has 5 nitrogen and oxygen atoms in total. The number of nitrogens with one attached hydrogen (secondary N) is 1. The first-order valence-corrected chi connectivity index (χ1v) is 6.55. The molecule has 104 valence electrons. The summed E-state index contributed by atoms with van der Waals surface area (Å²) in [7, 11) is 2.10. The van der Waals surface area contributed by atoms with Crippen molar-refractivity contribution < 1.29 is 9.53 Å². The molecule has 0 spiro atoms. The Morgan fingerprint density at radius 3 is 3.16 bits per heavy atom. The zero-order chi connectivity index (χ0) is 13.7. The van der Waals surface area contributed by atoms with E-state index in [9.17, 15) is 4.79 Å². The maximum absolute atomic E-state index is 11.1. The molecule has 1 aromatic carbocycles. The Labute approximate surface area is 113 Å². The third kappa shape index (κ3) is 4.31. The maximum Gasteiger partial charge on any atom is 0.248 e. The van der Waals surface area contributed by atoms with Crippen molar-refractivity contribution in [2.24, 2.45) is 5.73 Å². The number of hydrogen-bond donors (Lipinski definition) is 2. The molecule has 1 aromatic rings. The Morgan fingerprint density at radius 2 is 2.42 bits per heavy atom. The van der Waals surface area contributed by atoms with Crippen LogP contribution >= 0.6 is 0 Å². The van der Waals surface area contributed by atoms with Gasteiger partial charge in [0.05, 0.1) is 12.7 Å². The normalized spacial score (nSPS) is 20.4. The Morgan fingerprint density at radius 1 is 1.58 bits per heavy atom. The number of morpholine rings is 1. The van der Waals surface area contributed by atoms with Gasteiger partial charge in [-0.25, -0.2) is 0 Å². The number of carbonyl (C=O) groups excluding carboxylic acids is 1. The summed E-state index contributed by atoms with van der Waals surface area (Å²) in [6, 6.07) is 7.38. The summed E-state index contributed by atoms with van der Waals surface area (Å²) < 4.78 is 5.67. The summed E-state index contributed by atoms with van der Waals surface area (Å²) >= 11 is 0. The average molecular weight is 263 g/mol. The highest BCUT2D eigenvalue weighted by Crippen LogP contribution is 2.05. The summed E-state index contributed by atoms with van der Waals surface area (Å²) in [5, 5.41) is 3.35. The summed E-state index contributed by atoms with van der Waals surface area (Å²) in [6.07, 6.45) is 0.234. The van der Waals surface area contributed by atoms with Crippen LogP contribution in [0, 0.1) is 0 Å². The fraction of sp³-hybridized carbons (Fsp3) is 0.500. The number of amides is 1. The third-order valence-corrected chi connectivity index (χ3v) is 3.25. The first-order chi connectivity index (χ1) is 9.15. The minimum atomic E-state index is -0.390. The monoisotopic (exact) mass is 263 g/mol. The van der Waals surface area contributed by atoms with E-state index in [2.05, 4.69) is 17.3 Å². The van der Waals surface area contributed by atoms with Crippen LogP contribution in [0.5, 0.6) is 0 Å². The molecule has 1 saturated heterocycles. The summed E-state index contributed by atoms with van der Waals surface area (Å²) in [6.45, 7) is 4.27. The van der Waals surface area contributed by atoms with Gasteiger partial charge in [0, 0.05) is 31.7 Å². The highest BCUT2D eigenvalue weighted by atomic mass is 16.5. The maximum atomic E-state index is 11.1. The van der Waals surface area contributed by atoms with Gasteiger partial charge in [0.25, 0.3) is 0 Å². The molecule has 2 rings (SSSR count). The fourth-order valence-corrected chi connectivity index (χ4v) is 2.20. The number of likely N-dealkylation sites (N-methyl/N-ethyl adjacent to an activating group) is 1. The van der Waals surface area contributed by atoms with Crippen molar-refractivity contribution in [1.29, 1.82) is 0 Å². The van der Waals surface area contributed by atoms with Crippen molar-refractivity contribution >= 4 is 5.91 Å². The number of nitrogens with zero attached hydrogens (tertiary/aromatic N) is 1. The van der Waals surface area contributed by atoms with Crippen molar-refractivity contribution in [2.75, 3.05) is 33.3 Å². The molecule has 3 N–H and O–H groups in total. The largest absolute Gasteiger partial charge is 0.374 e. The van der Waals surface area contributed by atoms with Crippen LogP contribution in [-0.4, -0.2) is 50.2 Å². The Kier molecular flexibility index (Phi) is 4.90. The number of benzene rings is 1. The molecule has 1 aliphatic heterocycles. The van der Waals surface area contributed by atoms with E-state index < -0.39 is 0 Å². The van der Waals surface area contributed by atoms with E-state index in [1.165, 1.54) is 0 Å². The quantitative estimate of drug-likeness (QED) is 0.796. The van der Waals surface area contributed by atoms with E-state index in [0.29, 0.717) is 12.1 Å². The smallest absolute Gasteiger partial charge is 0.248 e. The van der Waals surface area contributed by atoms with Gasteiger partial charge in [-0.05, 0) is 24.7 Å².